The van der Waals surface area contributed by atoms with Gasteiger partial charge in [-0.25, -0.2) is 4.98 Å². The highest BCUT2D eigenvalue weighted by Crippen LogP contribution is 2.30. The molecule has 1 aromatic heterocycles. The Morgan fingerprint density at radius 2 is 1.50 bits per heavy atom. The predicted octanol–water partition coefficient (Wildman–Crippen LogP) is 6.30. The Labute approximate surface area is 145 Å². The van der Waals surface area contributed by atoms with E-state index in [1.807, 2.05) is 60.7 Å². The van der Waals surface area contributed by atoms with E-state index in [2.05, 4.69) is 34.6 Å². The van der Waals surface area contributed by atoms with Crippen LogP contribution < -0.4 is 5.32 Å². The number of rotatable bonds is 3. The van der Waals surface area contributed by atoms with E-state index in [0.29, 0.717) is 5.02 Å². The molecule has 0 unspecified atom stereocenters. The van der Waals surface area contributed by atoms with Crippen molar-refractivity contribution in [3.63, 3.8) is 0 Å². The summed E-state index contributed by atoms with van der Waals surface area (Å²) in [6.45, 7) is 0. The zero-order valence-corrected chi connectivity index (χ0v) is 13.7. The van der Waals surface area contributed by atoms with Crippen molar-refractivity contribution in [2.24, 2.45) is 0 Å². The molecule has 0 saturated heterocycles. The fourth-order valence-electron chi connectivity index (χ4n) is 2.78. The molecule has 4 rings (SSSR count). The zero-order chi connectivity index (χ0) is 16.4. The quantitative estimate of drug-likeness (QED) is 0.477. The van der Waals surface area contributed by atoms with Crippen molar-refractivity contribution < 1.29 is 0 Å². The maximum Gasteiger partial charge on any atom is 0.131 e. The van der Waals surface area contributed by atoms with Crippen LogP contribution in [0.4, 0.5) is 11.5 Å². The van der Waals surface area contributed by atoms with Gasteiger partial charge in [-0.3, -0.25) is 0 Å². The summed E-state index contributed by atoms with van der Waals surface area (Å²) in [5.41, 5.74) is 4.13. The molecule has 3 aromatic carbocycles. The molecule has 0 aliphatic rings. The van der Waals surface area contributed by atoms with Gasteiger partial charge in [0.15, 0.2) is 0 Å². The first-order chi connectivity index (χ1) is 11.8. The zero-order valence-electron chi connectivity index (χ0n) is 12.9. The number of fused-ring (bicyclic) bond motifs is 1. The molecule has 2 nitrogen and oxygen atoms in total. The van der Waals surface area contributed by atoms with Crippen LogP contribution in [0.25, 0.3) is 22.0 Å². The molecule has 0 spiro atoms. The summed E-state index contributed by atoms with van der Waals surface area (Å²) >= 11 is 6.27. The lowest BCUT2D eigenvalue weighted by Gasteiger charge is -2.12. The number of nitrogens with one attached hydrogen (secondary N) is 1. The molecule has 3 heteroatoms. The molecule has 0 aliphatic heterocycles. The van der Waals surface area contributed by atoms with E-state index < -0.39 is 0 Å². The summed E-state index contributed by atoms with van der Waals surface area (Å²) in [6.07, 6.45) is 0. The van der Waals surface area contributed by atoms with E-state index in [9.17, 15) is 0 Å². The number of benzene rings is 3. The first kappa shape index (κ1) is 14.7. The fourth-order valence-corrected chi connectivity index (χ4v) is 3.00. The van der Waals surface area contributed by atoms with Crippen LogP contribution in [-0.2, 0) is 0 Å². The molecule has 0 saturated carbocycles. The summed E-state index contributed by atoms with van der Waals surface area (Å²) in [5.74, 6) is 0.777. The summed E-state index contributed by atoms with van der Waals surface area (Å²) in [6, 6.07) is 28.3. The lowest BCUT2D eigenvalue weighted by Crippen LogP contribution is -1.96. The highest BCUT2D eigenvalue weighted by atomic mass is 35.5. The van der Waals surface area contributed by atoms with Crippen LogP contribution in [0.15, 0.2) is 84.9 Å². The van der Waals surface area contributed by atoms with Gasteiger partial charge in [-0.15, -0.1) is 0 Å². The second-order valence-corrected chi connectivity index (χ2v) is 5.95. The number of halogens is 1. The van der Waals surface area contributed by atoms with Crippen LogP contribution in [0, 0.1) is 0 Å². The van der Waals surface area contributed by atoms with Crippen molar-refractivity contribution in [3.05, 3.63) is 90.0 Å². The minimum Gasteiger partial charge on any atom is -0.340 e. The number of hydrogen-bond acceptors (Lipinski definition) is 2. The minimum atomic E-state index is 0.660. The van der Waals surface area contributed by atoms with Gasteiger partial charge in [0, 0.05) is 16.6 Å². The second-order valence-electron chi connectivity index (χ2n) is 5.54. The molecule has 4 aromatic rings. The summed E-state index contributed by atoms with van der Waals surface area (Å²) < 4.78 is 0. The van der Waals surface area contributed by atoms with Crippen molar-refractivity contribution in [2.45, 2.75) is 0 Å². The first-order valence-corrected chi connectivity index (χ1v) is 8.16. The number of nitrogens with zero attached hydrogens (tertiary/aromatic N) is 1. The van der Waals surface area contributed by atoms with E-state index in [0.717, 1.165) is 28.0 Å². The SMILES string of the molecule is Clc1cccc2ccc(Nc3ccccc3-c3ccccc3)nc12. The van der Waals surface area contributed by atoms with Crippen LogP contribution in [0.3, 0.4) is 0 Å². The van der Waals surface area contributed by atoms with Gasteiger partial charge in [-0.05, 0) is 29.8 Å². The molecular formula is C21H15ClN2. The van der Waals surface area contributed by atoms with Gasteiger partial charge in [0.1, 0.15) is 5.82 Å². The smallest absolute Gasteiger partial charge is 0.131 e. The lowest BCUT2D eigenvalue weighted by molar-refractivity contribution is 1.37. The number of hydrogen-bond donors (Lipinski definition) is 1. The summed E-state index contributed by atoms with van der Waals surface area (Å²) in [5, 5.41) is 5.11. The molecule has 1 heterocycles. The lowest BCUT2D eigenvalue weighted by atomic mass is 10.0. The van der Waals surface area contributed by atoms with Gasteiger partial charge < -0.3 is 5.32 Å². The molecule has 116 valence electrons. The Hall–Kier alpha value is -2.84. The number of para-hydroxylation sites is 2. The van der Waals surface area contributed by atoms with Gasteiger partial charge in [-0.2, -0.15) is 0 Å². The van der Waals surface area contributed by atoms with Crippen molar-refractivity contribution >= 4 is 34.0 Å². The third-order valence-corrected chi connectivity index (χ3v) is 4.25. The molecule has 0 aliphatic carbocycles. The van der Waals surface area contributed by atoms with Crippen molar-refractivity contribution in [1.82, 2.24) is 4.98 Å². The Balaban J connectivity index is 1.75. The Morgan fingerprint density at radius 1 is 0.708 bits per heavy atom. The number of anilines is 2. The van der Waals surface area contributed by atoms with Crippen LogP contribution in [0.1, 0.15) is 0 Å². The van der Waals surface area contributed by atoms with E-state index >= 15 is 0 Å². The monoisotopic (exact) mass is 330 g/mol. The third-order valence-electron chi connectivity index (χ3n) is 3.95. The van der Waals surface area contributed by atoms with Crippen molar-refractivity contribution in [2.75, 3.05) is 5.32 Å². The molecule has 1 N–H and O–H groups in total. The van der Waals surface area contributed by atoms with Gasteiger partial charge in [0.25, 0.3) is 0 Å². The number of aromatic nitrogens is 1. The normalized spacial score (nSPS) is 10.7. The average molecular weight is 331 g/mol. The first-order valence-electron chi connectivity index (χ1n) is 7.78. The molecule has 0 bridgehead atoms. The standard InChI is InChI=1S/C21H15ClN2/c22-18-11-6-9-16-13-14-20(24-21(16)18)23-19-12-5-4-10-17(19)15-7-2-1-3-8-15/h1-14H,(H,23,24). The maximum absolute atomic E-state index is 6.27. The predicted molar refractivity (Wildman–Crippen MR) is 102 cm³/mol. The molecule has 0 radical (unpaired) electrons. The van der Waals surface area contributed by atoms with Crippen LogP contribution in [-0.4, -0.2) is 4.98 Å². The Bertz CT molecular complexity index is 997. The van der Waals surface area contributed by atoms with E-state index in [4.69, 9.17) is 11.6 Å². The van der Waals surface area contributed by atoms with Crippen LogP contribution in [0.2, 0.25) is 5.02 Å². The highest BCUT2D eigenvalue weighted by molar-refractivity contribution is 6.35. The van der Waals surface area contributed by atoms with E-state index in [1.54, 1.807) is 0 Å². The fraction of sp³-hybridized carbons (Fsp3) is 0. The Kier molecular flexibility index (Phi) is 3.89. The van der Waals surface area contributed by atoms with Gasteiger partial charge in [0.05, 0.1) is 10.5 Å². The van der Waals surface area contributed by atoms with E-state index in [1.165, 1.54) is 5.56 Å². The van der Waals surface area contributed by atoms with Gasteiger partial charge in [0.2, 0.25) is 0 Å². The van der Waals surface area contributed by atoms with Crippen LogP contribution >= 0.6 is 11.6 Å². The Morgan fingerprint density at radius 3 is 2.38 bits per heavy atom. The largest absolute Gasteiger partial charge is 0.340 e. The van der Waals surface area contributed by atoms with Crippen molar-refractivity contribution in [3.8, 4) is 11.1 Å². The van der Waals surface area contributed by atoms with Crippen molar-refractivity contribution in [1.29, 1.82) is 0 Å². The second kappa shape index (κ2) is 6.34. The van der Waals surface area contributed by atoms with Gasteiger partial charge in [-0.1, -0.05) is 72.3 Å². The molecule has 0 fully saturated rings. The van der Waals surface area contributed by atoms with E-state index in [-0.39, 0.29) is 0 Å². The van der Waals surface area contributed by atoms with Gasteiger partial charge >= 0.3 is 0 Å². The van der Waals surface area contributed by atoms with Crippen LogP contribution in [0.5, 0.6) is 0 Å². The summed E-state index contributed by atoms with van der Waals surface area (Å²) in [4.78, 5) is 4.66. The molecule has 24 heavy (non-hydrogen) atoms. The third kappa shape index (κ3) is 2.84. The minimum absolute atomic E-state index is 0.660. The summed E-state index contributed by atoms with van der Waals surface area (Å²) in [7, 11) is 0. The number of pyridine rings is 1. The highest BCUT2D eigenvalue weighted by Gasteiger charge is 2.07. The molecular weight excluding hydrogens is 316 g/mol. The maximum atomic E-state index is 6.27. The topological polar surface area (TPSA) is 24.9 Å². The average Bonchev–Trinajstić information content (AvgIpc) is 2.64. The molecule has 0 atom stereocenters. The molecule has 0 amide bonds.